The maximum atomic E-state index is 13.2. The highest BCUT2D eigenvalue weighted by Gasteiger charge is 2.37. The number of ether oxygens (including phenoxy) is 4. The maximum absolute atomic E-state index is 13.2. The second kappa shape index (κ2) is 7.93. The number of carbonyl (C=O) groups is 1. The molecule has 31 heavy (non-hydrogen) atoms. The highest BCUT2D eigenvalue weighted by Crippen LogP contribution is 2.45. The summed E-state index contributed by atoms with van der Waals surface area (Å²) in [6, 6.07) is 8.04. The summed E-state index contributed by atoms with van der Waals surface area (Å²) in [7, 11) is 3.19. The highest BCUT2D eigenvalue weighted by molar-refractivity contribution is 6.15. The van der Waals surface area contributed by atoms with E-state index in [1.54, 1.807) is 20.3 Å². The molecule has 0 amide bonds. The summed E-state index contributed by atoms with van der Waals surface area (Å²) >= 11 is 0. The normalized spacial score (nSPS) is 19.7. The van der Waals surface area contributed by atoms with E-state index in [9.17, 15) is 4.79 Å². The van der Waals surface area contributed by atoms with Gasteiger partial charge in [-0.2, -0.15) is 0 Å². The first kappa shape index (κ1) is 19.9. The third-order valence-electron chi connectivity index (χ3n) is 6.50. The number of benzene rings is 2. The van der Waals surface area contributed by atoms with E-state index in [1.807, 2.05) is 31.2 Å². The van der Waals surface area contributed by atoms with Crippen LogP contribution in [0, 0.1) is 6.92 Å². The molecule has 1 saturated carbocycles. The van der Waals surface area contributed by atoms with Crippen molar-refractivity contribution in [1.29, 1.82) is 0 Å². The fourth-order valence-corrected chi connectivity index (χ4v) is 4.84. The van der Waals surface area contributed by atoms with E-state index in [-0.39, 0.29) is 5.78 Å². The van der Waals surface area contributed by atoms with Gasteiger partial charge in [0.15, 0.2) is 17.3 Å². The fourth-order valence-electron chi connectivity index (χ4n) is 4.84. The molecule has 3 aliphatic rings. The van der Waals surface area contributed by atoms with Gasteiger partial charge in [0.25, 0.3) is 0 Å². The van der Waals surface area contributed by atoms with Crippen molar-refractivity contribution in [3.05, 3.63) is 52.3 Å². The van der Waals surface area contributed by atoms with E-state index in [0.717, 1.165) is 29.0 Å². The van der Waals surface area contributed by atoms with Gasteiger partial charge in [-0.25, -0.2) is 0 Å². The quantitative estimate of drug-likeness (QED) is 0.666. The maximum Gasteiger partial charge on any atom is 0.232 e. The van der Waals surface area contributed by atoms with Gasteiger partial charge in [0, 0.05) is 12.6 Å². The minimum Gasteiger partial charge on any atom is -0.493 e. The summed E-state index contributed by atoms with van der Waals surface area (Å²) in [4.78, 5) is 15.6. The van der Waals surface area contributed by atoms with Gasteiger partial charge < -0.3 is 18.9 Å². The van der Waals surface area contributed by atoms with Crippen molar-refractivity contribution >= 4 is 11.9 Å². The number of methoxy groups -OCH3 is 2. The van der Waals surface area contributed by atoms with Gasteiger partial charge in [0.1, 0.15) is 18.2 Å². The Balaban J connectivity index is 1.49. The summed E-state index contributed by atoms with van der Waals surface area (Å²) in [5.41, 5.74) is 3.30. The number of allylic oxidation sites excluding steroid dienone is 1. The highest BCUT2D eigenvalue weighted by atomic mass is 16.5. The van der Waals surface area contributed by atoms with Crippen molar-refractivity contribution in [2.75, 3.05) is 21.0 Å². The summed E-state index contributed by atoms with van der Waals surface area (Å²) in [6.45, 7) is 3.28. The van der Waals surface area contributed by atoms with Crippen LogP contribution in [0.1, 0.15) is 52.7 Å². The van der Waals surface area contributed by atoms with E-state index >= 15 is 0 Å². The van der Waals surface area contributed by atoms with Crippen molar-refractivity contribution in [1.82, 2.24) is 4.90 Å². The van der Waals surface area contributed by atoms with E-state index < -0.39 is 0 Å². The summed E-state index contributed by atoms with van der Waals surface area (Å²) < 4.78 is 22.9. The molecule has 0 saturated heterocycles. The molecule has 2 aromatic carbocycles. The van der Waals surface area contributed by atoms with Crippen LogP contribution in [0.25, 0.3) is 6.08 Å². The van der Waals surface area contributed by atoms with Crippen LogP contribution in [0.3, 0.4) is 0 Å². The number of hydrogen-bond donors (Lipinski definition) is 0. The summed E-state index contributed by atoms with van der Waals surface area (Å²) in [5.74, 6) is 2.94. The fraction of sp³-hybridized carbons (Fsp3) is 0.400. The Labute approximate surface area is 182 Å². The summed E-state index contributed by atoms with van der Waals surface area (Å²) in [6.07, 6.45) is 6.71. The van der Waals surface area contributed by atoms with Gasteiger partial charge in [-0.1, -0.05) is 18.9 Å². The average Bonchev–Trinajstić information content (AvgIpc) is 3.43. The molecule has 6 nitrogen and oxygen atoms in total. The lowest BCUT2D eigenvalue weighted by Gasteiger charge is -2.34. The van der Waals surface area contributed by atoms with Crippen molar-refractivity contribution in [3.63, 3.8) is 0 Å². The number of hydrogen-bond acceptors (Lipinski definition) is 6. The molecule has 5 rings (SSSR count). The number of Topliss-reactive ketones (excluding diaryl/α,β-unsaturated/α-hetero) is 1. The minimum atomic E-state index is -0.0944. The number of carbonyl (C=O) groups excluding carboxylic acids is 1. The van der Waals surface area contributed by atoms with Gasteiger partial charge in [0.05, 0.1) is 25.3 Å². The second-order valence-electron chi connectivity index (χ2n) is 8.39. The zero-order chi connectivity index (χ0) is 21.5. The molecule has 0 radical (unpaired) electrons. The zero-order valence-corrected chi connectivity index (χ0v) is 18.2. The molecule has 6 heteroatoms. The first-order chi connectivity index (χ1) is 15.1. The smallest absolute Gasteiger partial charge is 0.232 e. The number of ketones is 1. The third-order valence-corrected chi connectivity index (χ3v) is 6.50. The van der Waals surface area contributed by atoms with Crippen LogP contribution in [-0.2, 0) is 6.54 Å². The molecule has 0 aromatic heterocycles. The van der Waals surface area contributed by atoms with E-state index in [1.165, 1.54) is 25.7 Å². The Hall–Kier alpha value is -2.99. The molecular weight excluding hydrogens is 394 g/mol. The van der Waals surface area contributed by atoms with Gasteiger partial charge in [-0.05, 0) is 55.2 Å². The van der Waals surface area contributed by atoms with Crippen LogP contribution < -0.4 is 18.9 Å². The Morgan fingerprint density at radius 2 is 1.87 bits per heavy atom. The van der Waals surface area contributed by atoms with Gasteiger partial charge >= 0.3 is 0 Å². The molecule has 2 heterocycles. The Morgan fingerprint density at radius 3 is 2.61 bits per heavy atom. The van der Waals surface area contributed by atoms with Crippen LogP contribution in [0.2, 0.25) is 0 Å². The van der Waals surface area contributed by atoms with Crippen molar-refractivity contribution in [2.24, 2.45) is 0 Å². The first-order valence-electron chi connectivity index (χ1n) is 10.8. The lowest BCUT2D eigenvalue weighted by molar-refractivity contribution is 0.0567. The molecule has 0 unspecified atom stereocenters. The molecule has 0 bridgehead atoms. The molecule has 0 atom stereocenters. The molecule has 2 aromatic rings. The SMILES string of the molecule is COc1ccc(/C=C2\Oc3c4c(cc(C)c3C2=O)OCN(C2CCCC2)C4)cc1OC. The lowest BCUT2D eigenvalue weighted by atomic mass is 9.98. The summed E-state index contributed by atoms with van der Waals surface area (Å²) in [5, 5.41) is 0. The van der Waals surface area contributed by atoms with Crippen molar-refractivity contribution in [3.8, 4) is 23.0 Å². The number of fused-ring (bicyclic) bond motifs is 3. The molecule has 1 aliphatic carbocycles. The van der Waals surface area contributed by atoms with Crippen LogP contribution in [0.15, 0.2) is 30.0 Å². The standard InChI is InChI=1S/C25H27NO5/c1-15-10-20-18(13-26(14-30-20)17-6-4-5-7-17)25-23(15)24(27)22(31-25)12-16-8-9-19(28-2)21(11-16)29-3/h8-12,17H,4-7,13-14H2,1-3H3/b22-12-. The first-order valence-corrected chi connectivity index (χ1v) is 10.8. The van der Waals surface area contributed by atoms with E-state index in [4.69, 9.17) is 18.9 Å². The largest absolute Gasteiger partial charge is 0.493 e. The average molecular weight is 421 g/mol. The predicted molar refractivity (Wildman–Crippen MR) is 117 cm³/mol. The van der Waals surface area contributed by atoms with Gasteiger partial charge in [-0.15, -0.1) is 0 Å². The Kier molecular flexibility index (Phi) is 5.10. The second-order valence-corrected chi connectivity index (χ2v) is 8.39. The monoisotopic (exact) mass is 421 g/mol. The number of nitrogens with zero attached hydrogens (tertiary/aromatic N) is 1. The molecule has 2 aliphatic heterocycles. The molecule has 0 spiro atoms. The third kappa shape index (κ3) is 3.45. The number of rotatable bonds is 4. The van der Waals surface area contributed by atoms with Crippen LogP contribution >= 0.6 is 0 Å². The van der Waals surface area contributed by atoms with Gasteiger partial charge in [0.2, 0.25) is 5.78 Å². The van der Waals surface area contributed by atoms with E-state index in [2.05, 4.69) is 4.90 Å². The van der Waals surface area contributed by atoms with Crippen LogP contribution in [0.5, 0.6) is 23.0 Å². The minimum absolute atomic E-state index is 0.0944. The number of aryl methyl sites for hydroxylation is 1. The van der Waals surface area contributed by atoms with Crippen molar-refractivity contribution in [2.45, 2.75) is 45.2 Å². The topological polar surface area (TPSA) is 57.2 Å². The molecule has 1 fully saturated rings. The van der Waals surface area contributed by atoms with Crippen LogP contribution in [-0.4, -0.2) is 37.7 Å². The van der Waals surface area contributed by atoms with Gasteiger partial charge in [-0.3, -0.25) is 9.69 Å². The zero-order valence-electron chi connectivity index (χ0n) is 18.2. The molecule has 0 N–H and O–H groups in total. The van der Waals surface area contributed by atoms with E-state index in [0.29, 0.717) is 41.3 Å². The predicted octanol–water partition coefficient (Wildman–Crippen LogP) is 4.72. The lowest BCUT2D eigenvalue weighted by Crippen LogP contribution is -2.39. The van der Waals surface area contributed by atoms with Crippen molar-refractivity contribution < 1.29 is 23.7 Å². The van der Waals surface area contributed by atoms with Crippen LogP contribution in [0.4, 0.5) is 0 Å². The molecular formula is C25H27NO5. The molecule has 162 valence electrons. The Bertz CT molecular complexity index is 1070. The Morgan fingerprint density at radius 1 is 1.10 bits per heavy atom.